The molecule has 1 aromatic heterocycles. The average molecular weight is 697 g/mol. The summed E-state index contributed by atoms with van der Waals surface area (Å²) in [6, 6.07) is 20.6. The second-order valence-corrected chi connectivity index (χ2v) is 19.7. The van der Waals surface area contributed by atoms with Gasteiger partial charge in [-0.15, -0.1) is 0 Å². The molecule has 0 unspecified atom stereocenters. The van der Waals surface area contributed by atoms with Crippen LogP contribution in [0.4, 0.5) is 4.39 Å². The van der Waals surface area contributed by atoms with E-state index in [4.69, 9.17) is 24.2 Å². The van der Waals surface area contributed by atoms with Crippen molar-refractivity contribution in [3.63, 3.8) is 0 Å². The number of rotatable bonds is 8. The average Bonchev–Trinajstić information content (AvgIpc) is 3.52. The number of halogens is 1. The Morgan fingerprint density at radius 3 is 2.18 bits per heavy atom. The Kier molecular flexibility index (Phi) is 8.36. The predicted molar refractivity (Wildman–Crippen MR) is 187 cm³/mol. The van der Waals surface area contributed by atoms with Gasteiger partial charge < -0.3 is 29.3 Å². The summed E-state index contributed by atoms with van der Waals surface area (Å²) in [5, 5.41) is 15.7. The number of hydrogen-bond donors (Lipinski definition) is 2. The van der Waals surface area contributed by atoms with E-state index in [1.165, 1.54) is 12.1 Å². The zero-order chi connectivity index (χ0) is 35.6. The minimum atomic E-state index is -2.91. The van der Waals surface area contributed by atoms with Crippen LogP contribution in [0.25, 0.3) is 5.76 Å². The molecular formula is C39H41FN2O7Si. The molecule has 0 amide bonds. The number of ketones is 2. The van der Waals surface area contributed by atoms with Gasteiger partial charge >= 0.3 is 0 Å². The number of carbonyl (C=O) groups excluding carboxylic acids is 2. The number of hydrogen-bond acceptors (Lipinski definition) is 9. The van der Waals surface area contributed by atoms with Crippen LogP contribution in [0.3, 0.4) is 0 Å². The van der Waals surface area contributed by atoms with Crippen LogP contribution in [0.2, 0.25) is 18.1 Å². The summed E-state index contributed by atoms with van der Waals surface area (Å²) in [5.41, 5.74) is 6.85. The fourth-order valence-electron chi connectivity index (χ4n) is 7.24. The fraction of sp³-hybridized carbons (Fsp3) is 0.359. The minimum Gasteiger partial charge on any atom is -0.507 e. The molecule has 4 aromatic rings. The van der Waals surface area contributed by atoms with Crippen molar-refractivity contribution in [2.45, 2.75) is 76.6 Å². The molecule has 11 heteroatoms. The Hall–Kier alpha value is -4.58. The number of fused-ring (bicyclic) bond motifs is 4. The molecule has 260 valence electrons. The van der Waals surface area contributed by atoms with Crippen molar-refractivity contribution in [3.05, 3.63) is 118 Å². The van der Waals surface area contributed by atoms with Gasteiger partial charge in [0, 0.05) is 17.1 Å². The van der Waals surface area contributed by atoms with Gasteiger partial charge in [0.15, 0.2) is 19.7 Å². The van der Waals surface area contributed by atoms with Crippen LogP contribution >= 0.6 is 0 Å². The van der Waals surface area contributed by atoms with E-state index in [1.54, 1.807) is 0 Å². The number of carbonyl (C=O) groups is 2. The Bertz CT molecular complexity index is 2000. The number of benzene rings is 3. The molecule has 1 saturated carbocycles. The third-order valence-corrected chi connectivity index (χ3v) is 15.3. The van der Waals surface area contributed by atoms with Gasteiger partial charge in [0.2, 0.25) is 11.6 Å². The fourth-order valence-corrected chi connectivity index (χ4v) is 8.69. The second kappa shape index (κ2) is 12.3. The van der Waals surface area contributed by atoms with Crippen molar-refractivity contribution in [3.8, 4) is 11.6 Å². The highest BCUT2D eigenvalue weighted by atomic mass is 28.4. The molecule has 1 heterocycles. The zero-order valence-corrected chi connectivity index (χ0v) is 29.8. The standard InChI is InChI=1S/C39H41FN2O7Si/c1-38(2,3)50(4,5)49-39-26(32(41)34-31(36(39)45)37(42-48-34)47-21-23-14-10-7-11-15-23)19-24-18-25-27(40)16-17-28(30(25)33(43)29(24)35(39)44)46-20-22-12-8-6-9-13-22/h6-17,24,26,32,43H,18-21,41H2,1-5H3/t24-,26-,32-,39-/m0/s1. The van der Waals surface area contributed by atoms with Gasteiger partial charge in [-0.2, -0.15) is 0 Å². The van der Waals surface area contributed by atoms with E-state index in [9.17, 15) is 5.11 Å². The summed E-state index contributed by atoms with van der Waals surface area (Å²) in [6.07, 6.45) is 0.248. The van der Waals surface area contributed by atoms with E-state index >= 15 is 14.0 Å². The third kappa shape index (κ3) is 5.39. The zero-order valence-electron chi connectivity index (χ0n) is 28.8. The highest BCUT2D eigenvalue weighted by Crippen LogP contribution is 2.57. The van der Waals surface area contributed by atoms with Gasteiger partial charge in [-0.1, -0.05) is 81.4 Å². The van der Waals surface area contributed by atoms with Crippen molar-refractivity contribution >= 4 is 25.6 Å². The van der Waals surface area contributed by atoms with Crippen LogP contribution in [0, 0.1) is 17.7 Å². The number of Topliss-reactive ketones (excluding diaryl/α,β-unsaturated/α-hetero) is 2. The molecule has 4 atom stereocenters. The van der Waals surface area contributed by atoms with Crippen LogP contribution in [0.5, 0.6) is 11.6 Å². The lowest BCUT2D eigenvalue weighted by Crippen LogP contribution is -2.68. The van der Waals surface area contributed by atoms with Crippen LogP contribution < -0.4 is 15.2 Å². The molecule has 0 radical (unpaired) electrons. The molecule has 50 heavy (non-hydrogen) atoms. The number of nitrogens with zero attached hydrogens (tertiary/aromatic N) is 1. The van der Waals surface area contributed by atoms with Gasteiger partial charge in [0.25, 0.3) is 5.88 Å². The first-order valence-electron chi connectivity index (χ1n) is 16.9. The number of ether oxygens (including phenoxy) is 2. The molecule has 9 nitrogen and oxygen atoms in total. The molecule has 7 rings (SSSR count). The molecule has 3 aliphatic rings. The first-order valence-corrected chi connectivity index (χ1v) is 19.8. The Labute approximate surface area is 291 Å². The quantitative estimate of drug-likeness (QED) is 0.141. The number of aliphatic hydroxyl groups excluding tert-OH is 1. The van der Waals surface area contributed by atoms with E-state index in [-0.39, 0.29) is 65.7 Å². The summed E-state index contributed by atoms with van der Waals surface area (Å²) in [7, 11) is -2.91. The molecule has 3 N–H and O–H groups in total. The lowest BCUT2D eigenvalue weighted by Gasteiger charge is -2.53. The van der Waals surface area contributed by atoms with Gasteiger partial charge in [-0.05, 0) is 65.3 Å². The normalized spacial score (nSPS) is 23.1. The lowest BCUT2D eigenvalue weighted by molar-refractivity contribution is -0.138. The molecule has 0 aliphatic heterocycles. The van der Waals surface area contributed by atoms with E-state index in [2.05, 4.69) is 5.16 Å². The van der Waals surface area contributed by atoms with E-state index in [0.29, 0.717) is 0 Å². The van der Waals surface area contributed by atoms with Gasteiger partial charge in [-0.25, -0.2) is 4.39 Å². The van der Waals surface area contributed by atoms with Crippen molar-refractivity contribution in [2.24, 2.45) is 17.6 Å². The highest BCUT2D eigenvalue weighted by molar-refractivity contribution is 6.74. The first kappa shape index (κ1) is 33.9. The van der Waals surface area contributed by atoms with Crippen LogP contribution in [0.1, 0.15) is 71.6 Å². The number of aromatic nitrogens is 1. The maximum atomic E-state index is 15.5. The van der Waals surface area contributed by atoms with Crippen LogP contribution in [-0.4, -0.2) is 35.7 Å². The minimum absolute atomic E-state index is 0.00910. The van der Waals surface area contributed by atoms with Crippen molar-refractivity contribution in [2.75, 3.05) is 0 Å². The van der Waals surface area contributed by atoms with Crippen LogP contribution in [0.15, 0.2) is 82.9 Å². The van der Waals surface area contributed by atoms with E-state index < -0.39 is 60.0 Å². The molecule has 1 fully saturated rings. The number of nitrogens with two attached hydrogens (primary N) is 1. The largest absolute Gasteiger partial charge is 0.507 e. The van der Waals surface area contributed by atoms with Crippen LogP contribution in [-0.2, 0) is 28.9 Å². The molecule has 0 bridgehead atoms. The van der Waals surface area contributed by atoms with Gasteiger partial charge in [0.05, 0.1) is 11.6 Å². The second-order valence-electron chi connectivity index (χ2n) is 15.0. The molecule has 3 aromatic carbocycles. The summed E-state index contributed by atoms with van der Waals surface area (Å²) in [6.45, 7) is 10.2. The van der Waals surface area contributed by atoms with Crippen molar-refractivity contribution in [1.29, 1.82) is 0 Å². The molecule has 0 saturated heterocycles. The number of aliphatic hydroxyl groups is 1. The first-order chi connectivity index (χ1) is 23.7. The van der Waals surface area contributed by atoms with Gasteiger partial charge in [-0.3, -0.25) is 9.59 Å². The third-order valence-electron chi connectivity index (χ3n) is 10.9. The molecular weight excluding hydrogens is 656 g/mol. The van der Waals surface area contributed by atoms with E-state index in [1.807, 2.05) is 94.5 Å². The summed E-state index contributed by atoms with van der Waals surface area (Å²) >= 11 is 0. The summed E-state index contributed by atoms with van der Waals surface area (Å²) < 4.78 is 40.4. The maximum absolute atomic E-state index is 15.5. The lowest BCUT2D eigenvalue weighted by atomic mass is 9.57. The van der Waals surface area contributed by atoms with Gasteiger partial charge in [0.1, 0.15) is 36.1 Å². The molecule has 0 spiro atoms. The van der Waals surface area contributed by atoms with E-state index in [0.717, 1.165) is 11.1 Å². The smallest absolute Gasteiger partial charge is 0.265 e. The van der Waals surface area contributed by atoms with Crippen molar-refractivity contribution in [1.82, 2.24) is 5.16 Å². The maximum Gasteiger partial charge on any atom is 0.265 e. The van der Waals surface area contributed by atoms with Crippen molar-refractivity contribution < 1.29 is 37.5 Å². The Balaban J connectivity index is 1.36. The Morgan fingerprint density at radius 2 is 1.56 bits per heavy atom. The predicted octanol–water partition coefficient (Wildman–Crippen LogP) is 7.66. The Morgan fingerprint density at radius 1 is 0.940 bits per heavy atom. The topological polar surface area (TPSA) is 134 Å². The summed E-state index contributed by atoms with van der Waals surface area (Å²) in [5.74, 6) is -3.57. The summed E-state index contributed by atoms with van der Waals surface area (Å²) in [4.78, 5) is 30.4. The highest BCUT2D eigenvalue weighted by Gasteiger charge is 2.68. The SMILES string of the molecule is CC(C)(C)[Si](C)(C)O[C@]12C(=O)C3=C(O)c4c(OCc5ccccc5)ccc(F)c4C[C@H]3C[C@H]1[C@H](N)c1onc(OCc3ccccc3)c1C2=O. The molecule has 3 aliphatic carbocycles. The monoisotopic (exact) mass is 696 g/mol.